The van der Waals surface area contributed by atoms with Crippen molar-refractivity contribution < 1.29 is 9.59 Å². The van der Waals surface area contributed by atoms with Gasteiger partial charge in [-0.15, -0.1) is 0 Å². The SMILES string of the molecule is O=C1C=C2CCNC2=CC1=O. The Morgan fingerprint density at radius 1 is 1.18 bits per heavy atom. The van der Waals surface area contributed by atoms with Gasteiger partial charge in [0.1, 0.15) is 0 Å². The lowest BCUT2D eigenvalue weighted by Gasteiger charge is -2.04. The Labute approximate surface area is 63.8 Å². The summed E-state index contributed by atoms with van der Waals surface area (Å²) in [4.78, 5) is 21.7. The van der Waals surface area contributed by atoms with E-state index >= 15 is 0 Å². The molecule has 2 aliphatic rings. The number of carbonyl (C=O) groups is 2. The molecule has 1 fully saturated rings. The Balaban J connectivity index is 2.44. The van der Waals surface area contributed by atoms with Gasteiger partial charge in [-0.2, -0.15) is 0 Å². The molecule has 0 aromatic heterocycles. The minimum absolute atomic E-state index is 0.396. The van der Waals surface area contributed by atoms with Crippen LogP contribution in [0, 0.1) is 0 Å². The van der Waals surface area contributed by atoms with E-state index in [2.05, 4.69) is 5.32 Å². The molecule has 0 spiro atoms. The smallest absolute Gasteiger partial charge is 0.227 e. The van der Waals surface area contributed by atoms with Crippen LogP contribution in [0.4, 0.5) is 0 Å². The van der Waals surface area contributed by atoms with E-state index in [1.807, 2.05) is 0 Å². The molecule has 0 radical (unpaired) electrons. The monoisotopic (exact) mass is 149 g/mol. The maximum atomic E-state index is 10.8. The lowest BCUT2D eigenvalue weighted by molar-refractivity contribution is -0.131. The highest BCUT2D eigenvalue weighted by Crippen LogP contribution is 2.20. The van der Waals surface area contributed by atoms with Gasteiger partial charge in [0.25, 0.3) is 0 Å². The second kappa shape index (κ2) is 2.05. The Kier molecular flexibility index (Phi) is 1.18. The molecule has 1 aliphatic heterocycles. The van der Waals surface area contributed by atoms with Crippen molar-refractivity contribution in [3.63, 3.8) is 0 Å². The zero-order chi connectivity index (χ0) is 7.84. The summed E-state index contributed by atoms with van der Waals surface area (Å²) < 4.78 is 0. The molecule has 0 aromatic rings. The molecule has 0 aromatic carbocycles. The van der Waals surface area contributed by atoms with E-state index in [1.54, 1.807) is 0 Å². The molecule has 56 valence electrons. The van der Waals surface area contributed by atoms with Crippen LogP contribution >= 0.6 is 0 Å². The van der Waals surface area contributed by atoms with E-state index in [9.17, 15) is 9.59 Å². The molecule has 1 aliphatic carbocycles. The first-order chi connectivity index (χ1) is 5.27. The fourth-order valence-corrected chi connectivity index (χ4v) is 1.31. The molecule has 0 atom stereocenters. The summed E-state index contributed by atoms with van der Waals surface area (Å²) in [5.41, 5.74) is 1.80. The number of carbonyl (C=O) groups excluding carboxylic acids is 2. The first-order valence-corrected chi connectivity index (χ1v) is 3.52. The fraction of sp³-hybridized carbons (Fsp3) is 0.250. The van der Waals surface area contributed by atoms with Crippen molar-refractivity contribution in [3.05, 3.63) is 23.4 Å². The van der Waals surface area contributed by atoms with Crippen LogP contribution in [0.3, 0.4) is 0 Å². The van der Waals surface area contributed by atoms with Crippen LogP contribution < -0.4 is 5.32 Å². The summed E-state index contributed by atoms with van der Waals surface area (Å²) in [5, 5.41) is 3.03. The van der Waals surface area contributed by atoms with Crippen molar-refractivity contribution in [2.75, 3.05) is 6.54 Å². The molecule has 0 unspecified atom stereocenters. The van der Waals surface area contributed by atoms with E-state index in [1.165, 1.54) is 12.2 Å². The molecule has 0 bridgehead atoms. The highest BCUT2D eigenvalue weighted by Gasteiger charge is 2.22. The Bertz CT molecular complexity index is 269. The van der Waals surface area contributed by atoms with Crippen molar-refractivity contribution in [3.8, 4) is 0 Å². The van der Waals surface area contributed by atoms with Crippen LogP contribution in [-0.2, 0) is 9.59 Å². The van der Waals surface area contributed by atoms with Gasteiger partial charge in [-0.3, -0.25) is 9.59 Å². The summed E-state index contributed by atoms with van der Waals surface area (Å²) in [5.74, 6) is -0.814. The summed E-state index contributed by atoms with van der Waals surface area (Å²) in [6.45, 7) is 0.832. The highest BCUT2D eigenvalue weighted by molar-refractivity contribution is 6.46. The molecule has 11 heavy (non-hydrogen) atoms. The van der Waals surface area contributed by atoms with Gasteiger partial charge in [0.2, 0.25) is 11.6 Å². The molecule has 3 nitrogen and oxygen atoms in total. The van der Waals surface area contributed by atoms with Gasteiger partial charge in [-0.05, 0) is 18.1 Å². The van der Waals surface area contributed by atoms with Gasteiger partial charge in [-0.1, -0.05) is 0 Å². The molecule has 1 saturated heterocycles. The van der Waals surface area contributed by atoms with Gasteiger partial charge >= 0.3 is 0 Å². The Morgan fingerprint density at radius 2 is 1.91 bits per heavy atom. The average Bonchev–Trinajstić information content (AvgIpc) is 2.36. The third-order valence-electron chi connectivity index (χ3n) is 1.88. The van der Waals surface area contributed by atoms with E-state index < -0.39 is 11.6 Å². The van der Waals surface area contributed by atoms with E-state index in [4.69, 9.17) is 0 Å². The quantitative estimate of drug-likeness (QED) is 0.387. The zero-order valence-electron chi connectivity index (χ0n) is 5.89. The van der Waals surface area contributed by atoms with E-state index in [0.29, 0.717) is 0 Å². The minimum Gasteiger partial charge on any atom is -0.384 e. The lowest BCUT2D eigenvalue weighted by Crippen LogP contribution is -2.16. The molecule has 0 amide bonds. The van der Waals surface area contributed by atoms with Crippen molar-refractivity contribution in [2.24, 2.45) is 0 Å². The van der Waals surface area contributed by atoms with Crippen LogP contribution in [0.25, 0.3) is 0 Å². The van der Waals surface area contributed by atoms with Gasteiger partial charge in [0, 0.05) is 18.3 Å². The van der Waals surface area contributed by atoms with E-state index in [0.717, 1.165) is 24.2 Å². The standard InChI is InChI=1S/C8H7NO2/c10-7-3-5-1-2-9-6(5)4-8(7)11/h3-4,9H,1-2H2. The number of hydrogen-bond acceptors (Lipinski definition) is 3. The van der Waals surface area contributed by atoms with Crippen molar-refractivity contribution >= 4 is 11.6 Å². The maximum Gasteiger partial charge on any atom is 0.227 e. The van der Waals surface area contributed by atoms with Crippen LogP contribution in [0.15, 0.2) is 23.4 Å². The van der Waals surface area contributed by atoms with Crippen LogP contribution in [0.2, 0.25) is 0 Å². The van der Waals surface area contributed by atoms with Gasteiger partial charge in [0.15, 0.2) is 0 Å². The van der Waals surface area contributed by atoms with Crippen molar-refractivity contribution in [1.82, 2.24) is 5.32 Å². The first kappa shape index (κ1) is 6.34. The average molecular weight is 149 g/mol. The number of rotatable bonds is 0. The van der Waals surface area contributed by atoms with Gasteiger partial charge in [-0.25, -0.2) is 0 Å². The molecular formula is C8H7NO2. The largest absolute Gasteiger partial charge is 0.384 e. The molecule has 1 N–H and O–H groups in total. The summed E-state index contributed by atoms with van der Waals surface area (Å²) >= 11 is 0. The third-order valence-corrected chi connectivity index (χ3v) is 1.88. The normalized spacial score (nSPS) is 22.2. The topological polar surface area (TPSA) is 46.2 Å². The van der Waals surface area contributed by atoms with Gasteiger partial charge in [0.05, 0.1) is 0 Å². The second-order valence-electron chi connectivity index (χ2n) is 2.63. The summed E-state index contributed by atoms with van der Waals surface area (Å²) in [6, 6.07) is 0. The number of fused-ring (bicyclic) bond motifs is 1. The lowest BCUT2D eigenvalue weighted by atomic mass is 10.0. The highest BCUT2D eigenvalue weighted by atomic mass is 16.2. The molecule has 2 rings (SSSR count). The van der Waals surface area contributed by atoms with Crippen LogP contribution in [0.5, 0.6) is 0 Å². The Morgan fingerprint density at radius 3 is 2.73 bits per heavy atom. The van der Waals surface area contributed by atoms with E-state index in [-0.39, 0.29) is 0 Å². The summed E-state index contributed by atoms with van der Waals surface area (Å²) in [6.07, 6.45) is 3.66. The first-order valence-electron chi connectivity index (χ1n) is 3.52. The van der Waals surface area contributed by atoms with Crippen LogP contribution in [-0.4, -0.2) is 18.1 Å². The molecule has 0 saturated carbocycles. The number of nitrogens with one attached hydrogen (secondary N) is 1. The predicted molar refractivity (Wildman–Crippen MR) is 38.8 cm³/mol. The van der Waals surface area contributed by atoms with Crippen LogP contribution in [0.1, 0.15) is 6.42 Å². The molecule has 3 heteroatoms. The number of hydrogen-bond donors (Lipinski definition) is 1. The van der Waals surface area contributed by atoms with Crippen molar-refractivity contribution in [1.29, 1.82) is 0 Å². The fourth-order valence-electron chi connectivity index (χ4n) is 1.31. The third kappa shape index (κ3) is 0.888. The predicted octanol–water partition coefficient (Wildman–Crippen LogP) is -0.0582. The molecule has 1 heterocycles. The molecular weight excluding hydrogens is 142 g/mol. The number of ketones is 2. The zero-order valence-corrected chi connectivity index (χ0v) is 5.89. The maximum absolute atomic E-state index is 10.8. The van der Waals surface area contributed by atoms with Crippen molar-refractivity contribution in [2.45, 2.75) is 6.42 Å². The number of allylic oxidation sites excluding steroid dienone is 3. The minimum atomic E-state index is -0.418. The summed E-state index contributed by atoms with van der Waals surface area (Å²) in [7, 11) is 0. The second-order valence-corrected chi connectivity index (χ2v) is 2.63. The Hall–Kier alpha value is -1.38. The van der Waals surface area contributed by atoms with Gasteiger partial charge < -0.3 is 5.32 Å².